The molecule has 1 aliphatic carbocycles. The number of aliphatic imine (C=N–C) groups is 1. The number of nitrogens with two attached hydrogens (primary N) is 1. The SMILES string of the molecule is CCCN(CCC(C)CC)C(=O)CN=C1CC(C)C/C1=C(/N)C(=O)N1CCC(O)C(F)C1.Cc1cccc(C)c1C. The van der Waals surface area contributed by atoms with Crippen LogP contribution in [0.5, 0.6) is 0 Å². The molecule has 3 N–H and O–H groups in total. The third-order valence-electron chi connectivity index (χ3n) is 8.51. The summed E-state index contributed by atoms with van der Waals surface area (Å²) in [6.45, 7) is 16.5. The lowest BCUT2D eigenvalue weighted by atomic mass is 10.0. The molecule has 1 aliphatic heterocycles. The number of nitrogens with zero attached hydrogens (tertiary/aromatic N) is 3. The van der Waals surface area contributed by atoms with Crippen molar-refractivity contribution in [2.45, 2.75) is 99.3 Å². The highest BCUT2D eigenvalue weighted by Crippen LogP contribution is 2.30. The van der Waals surface area contributed by atoms with E-state index in [1.165, 1.54) is 21.6 Å². The van der Waals surface area contributed by atoms with Gasteiger partial charge >= 0.3 is 0 Å². The van der Waals surface area contributed by atoms with Crippen molar-refractivity contribution in [1.29, 1.82) is 0 Å². The van der Waals surface area contributed by atoms with Crippen molar-refractivity contribution >= 4 is 17.5 Å². The molecule has 41 heavy (non-hydrogen) atoms. The van der Waals surface area contributed by atoms with Gasteiger partial charge in [-0.1, -0.05) is 52.3 Å². The highest BCUT2D eigenvalue weighted by atomic mass is 19.1. The van der Waals surface area contributed by atoms with Gasteiger partial charge in [-0.15, -0.1) is 0 Å². The number of alkyl halides is 1. The fraction of sp³-hybridized carbons (Fsp3) is 0.667. The van der Waals surface area contributed by atoms with E-state index in [1.54, 1.807) is 0 Å². The summed E-state index contributed by atoms with van der Waals surface area (Å²) in [4.78, 5) is 33.5. The predicted molar refractivity (Wildman–Crippen MR) is 166 cm³/mol. The van der Waals surface area contributed by atoms with Gasteiger partial charge in [0.2, 0.25) is 5.91 Å². The van der Waals surface area contributed by atoms with E-state index in [4.69, 9.17) is 5.73 Å². The molecule has 230 valence electrons. The Labute approximate surface area is 247 Å². The highest BCUT2D eigenvalue weighted by molar-refractivity contribution is 6.09. The van der Waals surface area contributed by atoms with Gasteiger partial charge in [0.25, 0.3) is 5.91 Å². The minimum atomic E-state index is -1.46. The highest BCUT2D eigenvalue weighted by Gasteiger charge is 2.33. The first-order valence-corrected chi connectivity index (χ1v) is 15.3. The Bertz CT molecular complexity index is 1070. The van der Waals surface area contributed by atoms with Crippen LogP contribution in [0, 0.1) is 32.6 Å². The standard InChI is InChI=1S/C24H41FN4O3.C9H12/c1-5-9-28(10-7-16(3)6-2)22(31)14-27-20-13-17(4)12-18(20)23(26)24(32)29-11-8-21(30)19(25)15-29;1-7-5-4-6-8(2)9(7)3/h16-17,19,21,30H,5-15,26H2,1-4H3;4-6H,1-3H3/b23-18-,27-20?;. The average molecular weight is 573 g/mol. The van der Waals surface area contributed by atoms with E-state index in [2.05, 4.69) is 71.7 Å². The maximum absolute atomic E-state index is 13.9. The maximum Gasteiger partial charge on any atom is 0.270 e. The molecule has 1 aromatic rings. The number of amides is 2. The molecule has 0 spiro atoms. The van der Waals surface area contributed by atoms with Crippen molar-refractivity contribution < 1.29 is 19.1 Å². The summed E-state index contributed by atoms with van der Waals surface area (Å²) in [5, 5.41) is 9.58. The molecule has 8 heteroatoms. The van der Waals surface area contributed by atoms with E-state index in [0.29, 0.717) is 36.6 Å². The molecule has 1 saturated heterocycles. The van der Waals surface area contributed by atoms with Gasteiger partial charge in [0, 0.05) is 30.9 Å². The number of hydrogen-bond acceptors (Lipinski definition) is 5. The van der Waals surface area contributed by atoms with Gasteiger partial charge in [-0.3, -0.25) is 14.6 Å². The number of carbonyl (C=O) groups excluding carboxylic acids is 2. The summed E-state index contributed by atoms with van der Waals surface area (Å²) in [5.74, 6) is 0.435. The quantitative estimate of drug-likeness (QED) is 0.393. The van der Waals surface area contributed by atoms with Gasteiger partial charge in [0.05, 0.1) is 12.6 Å². The first-order valence-electron chi connectivity index (χ1n) is 15.3. The zero-order valence-electron chi connectivity index (χ0n) is 26.4. The molecule has 2 fully saturated rings. The molecule has 4 atom stereocenters. The van der Waals surface area contributed by atoms with E-state index >= 15 is 0 Å². The fourth-order valence-electron chi connectivity index (χ4n) is 5.17. The number of likely N-dealkylation sites (tertiary alicyclic amines) is 1. The molecular weight excluding hydrogens is 519 g/mol. The number of piperidine rings is 1. The van der Waals surface area contributed by atoms with Crippen LogP contribution in [0.4, 0.5) is 4.39 Å². The first-order chi connectivity index (χ1) is 19.4. The first kappa shape index (κ1) is 34.5. The Balaban J connectivity index is 0.000000553. The molecule has 0 radical (unpaired) electrons. The number of rotatable bonds is 9. The minimum absolute atomic E-state index is 0.00302. The topological polar surface area (TPSA) is 99.2 Å². The maximum atomic E-state index is 13.9. The van der Waals surface area contributed by atoms with Gasteiger partial charge in [0.15, 0.2) is 0 Å². The lowest BCUT2D eigenvalue weighted by Gasteiger charge is -2.32. The normalized spacial score (nSPS) is 23.6. The number of hydrogen-bond donors (Lipinski definition) is 2. The van der Waals surface area contributed by atoms with Crippen LogP contribution >= 0.6 is 0 Å². The molecule has 1 heterocycles. The Morgan fingerprint density at radius 2 is 1.83 bits per heavy atom. The summed E-state index contributed by atoms with van der Waals surface area (Å²) in [6, 6.07) is 6.38. The van der Waals surface area contributed by atoms with Gasteiger partial charge in [-0.2, -0.15) is 0 Å². The van der Waals surface area contributed by atoms with Crippen LogP contribution in [0.15, 0.2) is 34.5 Å². The van der Waals surface area contributed by atoms with Crippen molar-refractivity contribution in [2.24, 2.45) is 22.6 Å². The van der Waals surface area contributed by atoms with Crippen LogP contribution in [0.25, 0.3) is 0 Å². The zero-order valence-corrected chi connectivity index (χ0v) is 26.4. The number of benzene rings is 1. The fourth-order valence-corrected chi connectivity index (χ4v) is 5.17. The number of aliphatic hydroxyl groups is 1. The molecule has 0 aromatic heterocycles. The van der Waals surface area contributed by atoms with Gasteiger partial charge in [-0.05, 0) is 81.4 Å². The van der Waals surface area contributed by atoms with E-state index in [9.17, 15) is 19.1 Å². The van der Waals surface area contributed by atoms with Crippen LogP contribution in [-0.4, -0.2) is 77.4 Å². The van der Waals surface area contributed by atoms with Crippen molar-refractivity contribution in [3.8, 4) is 0 Å². The number of aliphatic hydroxyl groups excluding tert-OH is 1. The molecule has 7 nitrogen and oxygen atoms in total. The van der Waals surface area contributed by atoms with E-state index in [1.807, 2.05) is 4.90 Å². The molecule has 4 unspecified atom stereocenters. The number of halogens is 1. The molecule has 0 bridgehead atoms. The number of carbonyl (C=O) groups is 2. The molecule has 1 aromatic carbocycles. The van der Waals surface area contributed by atoms with Crippen LogP contribution in [0.3, 0.4) is 0 Å². The second-order valence-corrected chi connectivity index (χ2v) is 12.0. The third-order valence-corrected chi connectivity index (χ3v) is 8.51. The van der Waals surface area contributed by atoms with Crippen LogP contribution in [0.2, 0.25) is 0 Å². The van der Waals surface area contributed by atoms with Crippen LogP contribution in [-0.2, 0) is 9.59 Å². The van der Waals surface area contributed by atoms with Crippen molar-refractivity contribution in [3.05, 3.63) is 46.2 Å². The van der Waals surface area contributed by atoms with Gasteiger partial charge in [-0.25, -0.2) is 4.39 Å². The lowest BCUT2D eigenvalue weighted by molar-refractivity contribution is -0.131. The van der Waals surface area contributed by atoms with Crippen molar-refractivity contribution in [2.75, 3.05) is 32.7 Å². The lowest BCUT2D eigenvalue weighted by Crippen LogP contribution is -2.48. The second kappa shape index (κ2) is 16.6. The van der Waals surface area contributed by atoms with Crippen molar-refractivity contribution in [1.82, 2.24) is 9.80 Å². The third kappa shape index (κ3) is 10.2. The minimum Gasteiger partial charge on any atom is -0.394 e. The van der Waals surface area contributed by atoms with Gasteiger partial charge in [0.1, 0.15) is 18.4 Å². The zero-order chi connectivity index (χ0) is 30.7. The Hall–Kier alpha value is -2.74. The van der Waals surface area contributed by atoms with E-state index < -0.39 is 18.2 Å². The largest absolute Gasteiger partial charge is 0.394 e. The molecule has 2 amide bonds. The Morgan fingerprint density at radius 1 is 1.17 bits per heavy atom. The number of aryl methyl sites for hydroxylation is 2. The summed E-state index contributed by atoms with van der Waals surface area (Å²) < 4.78 is 13.9. The summed E-state index contributed by atoms with van der Waals surface area (Å²) in [7, 11) is 0. The van der Waals surface area contributed by atoms with Crippen molar-refractivity contribution in [3.63, 3.8) is 0 Å². The summed E-state index contributed by atoms with van der Waals surface area (Å²) >= 11 is 0. The predicted octanol–water partition coefficient (Wildman–Crippen LogP) is 5.29. The second-order valence-electron chi connectivity index (χ2n) is 12.0. The molecule has 1 saturated carbocycles. The molecular formula is C33H53FN4O3. The van der Waals surface area contributed by atoms with Crippen LogP contribution < -0.4 is 5.73 Å². The van der Waals surface area contributed by atoms with E-state index in [0.717, 1.165) is 25.8 Å². The monoisotopic (exact) mass is 572 g/mol. The average Bonchev–Trinajstić information content (AvgIpc) is 3.33. The number of allylic oxidation sites excluding steroid dienone is 1. The molecule has 3 rings (SSSR count). The Kier molecular flexibility index (Phi) is 14.0. The van der Waals surface area contributed by atoms with Crippen LogP contribution in [0.1, 0.15) is 82.9 Å². The Morgan fingerprint density at radius 3 is 2.39 bits per heavy atom. The van der Waals surface area contributed by atoms with E-state index in [-0.39, 0.29) is 43.6 Å². The summed E-state index contributed by atoms with van der Waals surface area (Å²) in [5.41, 5.74) is 11.9. The van der Waals surface area contributed by atoms with Gasteiger partial charge < -0.3 is 20.6 Å². The smallest absolute Gasteiger partial charge is 0.270 e. The summed E-state index contributed by atoms with van der Waals surface area (Å²) in [6.07, 6.45) is 1.96. The molecule has 2 aliphatic rings.